The predicted octanol–water partition coefficient (Wildman–Crippen LogP) is 3.58. The summed E-state index contributed by atoms with van der Waals surface area (Å²) in [4.78, 5) is 50.1. The second-order valence-corrected chi connectivity index (χ2v) is 8.09. The number of hydrogen-bond donors (Lipinski definition) is 0. The molecule has 1 unspecified atom stereocenters. The van der Waals surface area contributed by atoms with Crippen LogP contribution in [0.4, 0.5) is 0 Å². The van der Waals surface area contributed by atoms with Crippen LogP contribution in [0.3, 0.4) is 0 Å². The van der Waals surface area contributed by atoms with Crippen LogP contribution < -0.4 is 0 Å². The lowest BCUT2D eigenvalue weighted by Gasteiger charge is -2.24. The number of ether oxygens (including phenoxy) is 5. The van der Waals surface area contributed by atoms with E-state index in [4.69, 9.17) is 23.7 Å². The summed E-state index contributed by atoms with van der Waals surface area (Å²) in [6, 6.07) is 24.5. The van der Waals surface area contributed by atoms with E-state index in [0.717, 1.165) is 0 Å². The first-order valence-electron chi connectivity index (χ1n) is 11.5. The molecule has 1 saturated heterocycles. The summed E-state index contributed by atoms with van der Waals surface area (Å²) >= 11 is 0. The van der Waals surface area contributed by atoms with Crippen LogP contribution in [0.1, 0.15) is 38.0 Å². The summed E-state index contributed by atoms with van der Waals surface area (Å²) in [6.07, 6.45) is -5.14. The van der Waals surface area contributed by atoms with Crippen LogP contribution in [0.5, 0.6) is 0 Å². The number of carbonyl (C=O) groups is 4. The Morgan fingerprint density at radius 1 is 0.622 bits per heavy atom. The Labute approximate surface area is 212 Å². The zero-order valence-corrected chi connectivity index (χ0v) is 19.9. The largest absolute Gasteiger partial charge is 0.463 e. The second kappa shape index (κ2) is 12.0. The first kappa shape index (κ1) is 25.6. The minimum Gasteiger partial charge on any atom is -0.463 e. The first-order chi connectivity index (χ1) is 17.9. The third-order valence-electron chi connectivity index (χ3n) is 5.46. The fraction of sp³-hybridized carbons (Fsp3) is 0.214. The SMILES string of the molecule is CC(=O)OC[C@H]1OC(OC(=O)c2ccccc2)[C@H](OC(=O)c2ccccc2)[C@@H]1OC(=O)c1ccccc1. The Morgan fingerprint density at radius 3 is 1.46 bits per heavy atom. The molecule has 0 N–H and O–H groups in total. The Hall–Kier alpha value is -4.50. The van der Waals surface area contributed by atoms with Crippen LogP contribution in [0.2, 0.25) is 0 Å². The molecule has 9 nitrogen and oxygen atoms in total. The molecule has 0 aliphatic carbocycles. The molecule has 0 aromatic heterocycles. The van der Waals surface area contributed by atoms with Crippen LogP contribution in [-0.2, 0) is 28.5 Å². The fourth-order valence-corrected chi connectivity index (χ4v) is 3.67. The average Bonchev–Trinajstić information content (AvgIpc) is 3.23. The van der Waals surface area contributed by atoms with Crippen molar-refractivity contribution < 1.29 is 42.9 Å². The van der Waals surface area contributed by atoms with Gasteiger partial charge in [0.25, 0.3) is 0 Å². The fourth-order valence-electron chi connectivity index (χ4n) is 3.67. The van der Waals surface area contributed by atoms with Crippen LogP contribution in [-0.4, -0.2) is 55.1 Å². The molecule has 3 aromatic carbocycles. The Balaban J connectivity index is 1.63. The molecule has 4 atom stereocenters. The van der Waals surface area contributed by atoms with Gasteiger partial charge in [-0.3, -0.25) is 4.79 Å². The van der Waals surface area contributed by atoms with Gasteiger partial charge in [-0.15, -0.1) is 0 Å². The van der Waals surface area contributed by atoms with E-state index in [-0.39, 0.29) is 23.3 Å². The summed E-state index contributed by atoms with van der Waals surface area (Å²) in [5.74, 6) is -2.81. The smallest absolute Gasteiger partial charge is 0.340 e. The topological polar surface area (TPSA) is 114 Å². The lowest BCUT2D eigenvalue weighted by atomic mass is 10.1. The van der Waals surface area contributed by atoms with E-state index in [9.17, 15) is 19.2 Å². The highest BCUT2D eigenvalue weighted by Gasteiger charge is 2.52. The standard InChI is InChI=1S/C28H24O9/c1-18(29)33-17-22-23(35-25(30)19-11-5-2-6-12-19)24(36-26(31)20-13-7-3-8-14-20)28(34-22)37-27(32)21-15-9-4-10-16-21/h2-16,22-24,28H,17H2,1H3/t22-,23-,24-,28?/m1/s1. The van der Waals surface area contributed by atoms with Gasteiger partial charge in [-0.05, 0) is 36.4 Å². The summed E-state index contributed by atoms with van der Waals surface area (Å²) in [5, 5.41) is 0. The molecule has 0 saturated carbocycles. The van der Waals surface area contributed by atoms with Gasteiger partial charge in [0.05, 0.1) is 16.7 Å². The second-order valence-electron chi connectivity index (χ2n) is 8.09. The number of benzene rings is 3. The van der Waals surface area contributed by atoms with Crippen molar-refractivity contribution in [1.82, 2.24) is 0 Å². The van der Waals surface area contributed by atoms with Gasteiger partial charge in [0.15, 0.2) is 6.10 Å². The number of rotatable bonds is 8. The van der Waals surface area contributed by atoms with Crippen molar-refractivity contribution in [3.05, 3.63) is 108 Å². The highest BCUT2D eigenvalue weighted by atomic mass is 16.8. The van der Waals surface area contributed by atoms with Gasteiger partial charge >= 0.3 is 23.9 Å². The minimum absolute atomic E-state index is 0.229. The molecule has 4 rings (SSSR count). The van der Waals surface area contributed by atoms with Gasteiger partial charge in [0.1, 0.15) is 12.7 Å². The van der Waals surface area contributed by atoms with Gasteiger partial charge < -0.3 is 23.7 Å². The number of hydrogen-bond acceptors (Lipinski definition) is 9. The normalized spacial score (nSPS) is 20.5. The van der Waals surface area contributed by atoms with Crippen molar-refractivity contribution in [2.24, 2.45) is 0 Å². The molecule has 1 aliphatic heterocycles. The van der Waals surface area contributed by atoms with Gasteiger partial charge in [-0.2, -0.15) is 0 Å². The van der Waals surface area contributed by atoms with Crippen LogP contribution in [0.25, 0.3) is 0 Å². The average molecular weight is 504 g/mol. The van der Waals surface area contributed by atoms with E-state index >= 15 is 0 Å². The van der Waals surface area contributed by atoms with Crippen molar-refractivity contribution in [3.8, 4) is 0 Å². The molecular weight excluding hydrogens is 480 g/mol. The lowest BCUT2D eigenvalue weighted by Crippen LogP contribution is -2.42. The third-order valence-corrected chi connectivity index (χ3v) is 5.46. The van der Waals surface area contributed by atoms with E-state index in [1.54, 1.807) is 91.0 Å². The van der Waals surface area contributed by atoms with Crippen molar-refractivity contribution in [2.45, 2.75) is 31.5 Å². The lowest BCUT2D eigenvalue weighted by molar-refractivity contribution is -0.157. The van der Waals surface area contributed by atoms with Crippen molar-refractivity contribution in [2.75, 3.05) is 6.61 Å². The molecule has 190 valence electrons. The first-order valence-corrected chi connectivity index (χ1v) is 11.5. The van der Waals surface area contributed by atoms with Gasteiger partial charge in [-0.25, -0.2) is 14.4 Å². The summed E-state index contributed by atoms with van der Waals surface area (Å²) in [6.45, 7) is 0.876. The summed E-state index contributed by atoms with van der Waals surface area (Å²) < 4.78 is 27.8. The summed E-state index contributed by atoms with van der Waals surface area (Å²) in [5.41, 5.74) is 0.708. The maximum atomic E-state index is 12.9. The number of esters is 4. The minimum atomic E-state index is -1.45. The van der Waals surface area contributed by atoms with Crippen LogP contribution >= 0.6 is 0 Å². The molecule has 3 aromatic rings. The molecule has 37 heavy (non-hydrogen) atoms. The molecule has 1 heterocycles. The Bertz CT molecular complexity index is 1230. The maximum absolute atomic E-state index is 12.9. The van der Waals surface area contributed by atoms with E-state index < -0.39 is 48.5 Å². The highest BCUT2D eigenvalue weighted by Crippen LogP contribution is 2.30. The summed E-state index contributed by atoms with van der Waals surface area (Å²) in [7, 11) is 0. The van der Waals surface area contributed by atoms with Gasteiger partial charge in [-0.1, -0.05) is 54.6 Å². The predicted molar refractivity (Wildman–Crippen MR) is 128 cm³/mol. The Morgan fingerprint density at radius 2 is 1.03 bits per heavy atom. The van der Waals surface area contributed by atoms with E-state index in [1.165, 1.54) is 6.92 Å². The monoisotopic (exact) mass is 504 g/mol. The van der Waals surface area contributed by atoms with Gasteiger partial charge in [0, 0.05) is 6.92 Å². The maximum Gasteiger partial charge on any atom is 0.340 e. The van der Waals surface area contributed by atoms with Crippen LogP contribution in [0.15, 0.2) is 91.0 Å². The highest BCUT2D eigenvalue weighted by molar-refractivity contribution is 5.91. The quantitative estimate of drug-likeness (QED) is 0.335. The van der Waals surface area contributed by atoms with E-state index in [1.807, 2.05) is 0 Å². The molecule has 0 amide bonds. The van der Waals surface area contributed by atoms with Crippen LogP contribution in [0, 0.1) is 0 Å². The van der Waals surface area contributed by atoms with Crippen molar-refractivity contribution in [3.63, 3.8) is 0 Å². The van der Waals surface area contributed by atoms with E-state index in [0.29, 0.717) is 0 Å². The Kier molecular flexibility index (Phi) is 8.27. The molecule has 0 spiro atoms. The zero-order valence-electron chi connectivity index (χ0n) is 19.9. The van der Waals surface area contributed by atoms with Crippen molar-refractivity contribution in [1.29, 1.82) is 0 Å². The molecule has 9 heteroatoms. The molecule has 1 fully saturated rings. The molecule has 1 aliphatic rings. The molecular formula is C28H24O9. The molecule has 0 bridgehead atoms. The van der Waals surface area contributed by atoms with E-state index in [2.05, 4.69) is 0 Å². The third kappa shape index (κ3) is 6.59. The van der Waals surface area contributed by atoms with Gasteiger partial charge in [0.2, 0.25) is 12.4 Å². The number of carbonyl (C=O) groups excluding carboxylic acids is 4. The van der Waals surface area contributed by atoms with Crippen molar-refractivity contribution >= 4 is 23.9 Å². The zero-order chi connectivity index (χ0) is 26.2. The molecule has 0 radical (unpaired) electrons.